The second-order valence-corrected chi connectivity index (χ2v) is 5.16. The molecule has 0 amide bonds. The van der Waals surface area contributed by atoms with Crippen LogP contribution in [0, 0.1) is 6.92 Å². The van der Waals surface area contributed by atoms with Gasteiger partial charge >= 0.3 is 0 Å². The molecule has 3 aromatic rings. The van der Waals surface area contributed by atoms with Crippen molar-refractivity contribution in [2.45, 2.75) is 13.1 Å². The molecule has 0 fully saturated rings. The summed E-state index contributed by atoms with van der Waals surface area (Å²) in [6, 6.07) is 16.3. The number of nitrogens with one attached hydrogen (secondary N) is 1. The SMILES string of the molecule is Cc1ccccc1C1N=C(N)Nc2nc3ccccc3n21. The molecule has 2 heterocycles. The summed E-state index contributed by atoms with van der Waals surface area (Å²) in [4.78, 5) is 9.18. The molecule has 1 atom stereocenters. The number of hydrogen-bond donors (Lipinski definition) is 2. The topological polar surface area (TPSA) is 68.2 Å². The first-order valence-electron chi connectivity index (χ1n) is 6.87. The minimum Gasteiger partial charge on any atom is -0.370 e. The fourth-order valence-corrected chi connectivity index (χ4v) is 2.80. The second kappa shape index (κ2) is 4.34. The van der Waals surface area contributed by atoms with Crippen molar-refractivity contribution >= 4 is 22.9 Å². The van der Waals surface area contributed by atoms with Gasteiger partial charge in [-0.25, -0.2) is 9.98 Å². The maximum absolute atomic E-state index is 5.93. The molecule has 0 spiro atoms. The van der Waals surface area contributed by atoms with Crippen LogP contribution in [-0.2, 0) is 0 Å². The standard InChI is InChI=1S/C16H15N5/c1-10-6-2-3-7-11(10)14-19-15(17)20-16-18-12-8-4-5-9-13(12)21(14)16/h2-9,14H,1H3,(H3,17,18,19,20). The maximum Gasteiger partial charge on any atom is 0.212 e. The van der Waals surface area contributed by atoms with Crippen LogP contribution in [0.2, 0.25) is 0 Å². The first-order chi connectivity index (χ1) is 10.2. The van der Waals surface area contributed by atoms with Crippen molar-refractivity contribution in [2.75, 3.05) is 5.32 Å². The molecule has 0 saturated carbocycles. The molecule has 0 aliphatic carbocycles. The Morgan fingerprint density at radius 3 is 2.71 bits per heavy atom. The molecular weight excluding hydrogens is 262 g/mol. The summed E-state index contributed by atoms with van der Waals surface area (Å²) in [5.41, 5.74) is 10.2. The molecule has 0 saturated heterocycles. The number of anilines is 1. The Hall–Kier alpha value is -2.82. The summed E-state index contributed by atoms with van der Waals surface area (Å²) in [6.07, 6.45) is -0.185. The Morgan fingerprint density at radius 2 is 1.86 bits per heavy atom. The quantitative estimate of drug-likeness (QED) is 0.718. The van der Waals surface area contributed by atoms with Crippen LogP contribution in [0.1, 0.15) is 17.3 Å². The lowest BCUT2D eigenvalue weighted by molar-refractivity contribution is 0.622. The van der Waals surface area contributed by atoms with Crippen LogP contribution < -0.4 is 11.1 Å². The molecule has 1 aliphatic heterocycles. The molecule has 104 valence electrons. The number of rotatable bonds is 1. The molecule has 0 radical (unpaired) electrons. The highest BCUT2D eigenvalue weighted by Gasteiger charge is 2.25. The highest BCUT2D eigenvalue weighted by atomic mass is 15.4. The Balaban J connectivity index is 2.00. The van der Waals surface area contributed by atoms with Gasteiger partial charge in [0.15, 0.2) is 12.1 Å². The fourth-order valence-electron chi connectivity index (χ4n) is 2.80. The molecule has 4 rings (SSSR count). The van der Waals surface area contributed by atoms with E-state index in [1.807, 2.05) is 30.3 Å². The van der Waals surface area contributed by atoms with Gasteiger partial charge in [-0.15, -0.1) is 0 Å². The Morgan fingerprint density at radius 1 is 1.10 bits per heavy atom. The van der Waals surface area contributed by atoms with E-state index in [4.69, 9.17) is 5.73 Å². The summed E-state index contributed by atoms with van der Waals surface area (Å²) in [5.74, 6) is 1.13. The predicted molar refractivity (Wildman–Crippen MR) is 84.3 cm³/mol. The van der Waals surface area contributed by atoms with Crippen LogP contribution in [0.25, 0.3) is 11.0 Å². The normalized spacial score (nSPS) is 17.2. The van der Waals surface area contributed by atoms with E-state index in [9.17, 15) is 0 Å². The summed E-state index contributed by atoms with van der Waals surface area (Å²) in [7, 11) is 0. The summed E-state index contributed by atoms with van der Waals surface area (Å²) in [6.45, 7) is 2.09. The van der Waals surface area contributed by atoms with E-state index in [0.717, 1.165) is 22.5 Å². The number of nitrogens with zero attached hydrogens (tertiary/aromatic N) is 3. The van der Waals surface area contributed by atoms with E-state index in [2.05, 4.69) is 45.0 Å². The third kappa shape index (κ3) is 1.78. The smallest absolute Gasteiger partial charge is 0.212 e. The van der Waals surface area contributed by atoms with Crippen LogP contribution in [-0.4, -0.2) is 15.5 Å². The van der Waals surface area contributed by atoms with Crippen molar-refractivity contribution < 1.29 is 0 Å². The van der Waals surface area contributed by atoms with Gasteiger partial charge in [0.05, 0.1) is 11.0 Å². The van der Waals surface area contributed by atoms with Crippen molar-refractivity contribution in [3.8, 4) is 0 Å². The lowest BCUT2D eigenvalue weighted by atomic mass is 10.1. The number of fused-ring (bicyclic) bond motifs is 3. The van der Waals surface area contributed by atoms with Gasteiger partial charge in [0.2, 0.25) is 5.95 Å². The van der Waals surface area contributed by atoms with Crippen molar-refractivity contribution in [3.05, 3.63) is 59.7 Å². The Bertz CT molecular complexity index is 862. The van der Waals surface area contributed by atoms with Crippen LogP contribution >= 0.6 is 0 Å². The van der Waals surface area contributed by atoms with Crippen LogP contribution in [0.15, 0.2) is 53.5 Å². The fraction of sp³-hybridized carbons (Fsp3) is 0.125. The van der Waals surface area contributed by atoms with E-state index >= 15 is 0 Å². The monoisotopic (exact) mass is 277 g/mol. The van der Waals surface area contributed by atoms with Crippen molar-refractivity contribution in [3.63, 3.8) is 0 Å². The van der Waals surface area contributed by atoms with Gasteiger partial charge in [0.1, 0.15) is 0 Å². The second-order valence-electron chi connectivity index (χ2n) is 5.16. The summed E-state index contributed by atoms with van der Waals surface area (Å²) >= 11 is 0. The number of imidazole rings is 1. The molecule has 5 nitrogen and oxygen atoms in total. The first kappa shape index (κ1) is 12.0. The largest absolute Gasteiger partial charge is 0.370 e. The van der Waals surface area contributed by atoms with Gasteiger partial charge in [-0.3, -0.25) is 9.88 Å². The number of guanidine groups is 1. The number of benzene rings is 2. The third-order valence-corrected chi connectivity index (χ3v) is 3.81. The number of nitrogens with two attached hydrogens (primary N) is 1. The van der Waals surface area contributed by atoms with Gasteiger partial charge in [-0.1, -0.05) is 36.4 Å². The van der Waals surface area contributed by atoms with E-state index in [1.165, 1.54) is 5.56 Å². The minimum absolute atomic E-state index is 0.185. The average molecular weight is 277 g/mol. The minimum atomic E-state index is -0.185. The predicted octanol–water partition coefficient (Wildman–Crippen LogP) is 2.63. The van der Waals surface area contributed by atoms with Crippen LogP contribution in [0.4, 0.5) is 5.95 Å². The Labute approximate surface area is 122 Å². The zero-order valence-electron chi connectivity index (χ0n) is 11.6. The van der Waals surface area contributed by atoms with E-state index in [0.29, 0.717) is 5.96 Å². The number of hydrogen-bond acceptors (Lipinski definition) is 4. The zero-order valence-corrected chi connectivity index (χ0v) is 11.6. The summed E-state index contributed by atoms with van der Waals surface area (Å²) < 4.78 is 2.09. The average Bonchev–Trinajstić information content (AvgIpc) is 2.85. The molecule has 3 N–H and O–H groups in total. The van der Waals surface area contributed by atoms with E-state index in [-0.39, 0.29) is 6.17 Å². The van der Waals surface area contributed by atoms with Gasteiger partial charge < -0.3 is 5.73 Å². The van der Waals surface area contributed by atoms with Gasteiger partial charge in [0, 0.05) is 0 Å². The molecule has 1 unspecified atom stereocenters. The lowest BCUT2D eigenvalue weighted by Gasteiger charge is -2.24. The number of aliphatic imine (C=N–C) groups is 1. The van der Waals surface area contributed by atoms with Crippen LogP contribution in [0.5, 0.6) is 0 Å². The Kier molecular flexibility index (Phi) is 2.47. The molecule has 1 aliphatic rings. The van der Waals surface area contributed by atoms with Crippen LogP contribution in [0.3, 0.4) is 0 Å². The lowest BCUT2D eigenvalue weighted by Crippen LogP contribution is -2.31. The number of para-hydroxylation sites is 2. The third-order valence-electron chi connectivity index (χ3n) is 3.81. The first-order valence-corrected chi connectivity index (χ1v) is 6.87. The van der Waals surface area contributed by atoms with E-state index < -0.39 is 0 Å². The maximum atomic E-state index is 5.93. The van der Waals surface area contributed by atoms with Gasteiger partial charge in [-0.2, -0.15) is 0 Å². The zero-order chi connectivity index (χ0) is 14.4. The van der Waals surface area contributed by atoms with Gasteiger partial charge in [0.25, 0.3) is 0 Å². The highest BCUT2D eigenvalue weighted by molar-refractivity contribution is 5.94. The van der Waals surface area contributed by atoms with E-state index in [1.54, 1.807) is 0 Å². The molecule has 21 heavy (non-hydrogen) atoms. The summed E-state index contributed by atoms with van der Waals surface area (Å²) in [5, 5.41) is 3.05. The van der Waals surface area contributed by atoms with Crippen molar-refractivity contribution in [1.29, 1.82) is 0 Å². The highest BCUT2D eigenvalue weighted by Crippen LogP contribution is 2.33. The molecule has 0 bridgehead atoms. The molecular formula is C16H15N5. The molecule has 2 aromatic carbocycles. The van der Waals surface area contributed by atoms with Gasteiger partial charge in [-0.05, 0) is 30.2 Å². The molecule has 1 aromatic heterocycles. The molecule has 5 heteroatoms. The van der Waals surface area contributed by atoms with Crippen molar-refractivity contribution in [1.82, 2.24) is 9.55 Å². The number of aryl methyl sites for hydroxylation is 1. The van der Waals surface area contributed by atoms with Crippen molar-refractivity contribution in [2.24, 2.45) is 10.7 Å². The number of aromatic nitrogens is 2.